The normalized spacial score (nSPS) is 11.1. The number of hydrogen-bond donors (Lipinski definition) is 0. The summed E-state index contributed by atoms with van der Waals surface area (Å²) in [6, 6.07) is 14.3. The highest BCUT2D eigenvalue weighted by molar-refractivity contribution is 7.85. The zero-order valence-corrected chi connectivity index (χ0v) is 16.5. The van der Waals surface area contributed by atoms with E-state index in [2.05, 4.69) is 6.58 Å². The fourth-order valence-electron chi connectivity index (χ4n) is 3.21. The van der Waals surface area contributed by atoms with E-state index >= 15 is 0 Å². The van der Waals surface area contributed by atoms with Gasteiger partial charge in [-0.15, -0.1) is 6.58 Å². The first-order valence-electron chi connectivity index (χ1n) is 8.77. The maximum Gasteiger partial charge on any atom is 0.270 e. The molecule has 3 aromatic carbocycles. The van der Waals surface area contributed by atoms with Crippen LogP contribution >= 0.6 is 7.14 Å². The van der Waals surface area contributed by atoms with E-state index in [-0.39, 0.29) is 33.7 Å². The number of nitro benzene ring substituents is 2. The van der Waals surface area contributed by atoms with Crippen molar-refractivity contribution in [2.45, 2.75) is 6.42 Å². The molecule has 0 spiro atoms. The topological polar surface area (TPSA) is 103 Å². The van der Waals surface area contributed by atoms with E-state index in [1.54, 1.807) is 0 Å². The molecular weight excluding hydrogens is 410 g/mol. The van der Waals surface area contributed by atoms with Gasteiger partial charge < -0.3 is 4.57 Å². The number of halogens is 1. The molecule has 0 saturated carbocycles. The minimum atomic E-state index is -3.82. The van der Waals surface area contributed by atoms with Crippen LogP contribution in [0.25, 0.3) is 0 Å². The number of benzene rings is 3. The molecule has 0 N–H and O–H groups in total. The number of nitrogens with zero attached hydrogens (tertiary/aromatic N) is 2. The smallest absolute Gasteiger partial charge is 0.270 e. The second-order valence-electron chi connectivity index (χ2n) is 6.43. The Hall–Kier alpha value is -3.64. The number of nitro groups is 2. The third-order valence-corrected chi connectivity index (χ3v) is 7.68. The Kier molecular flexibility index (Phi) is 5.89. The molecule has 0 aliphatic rings. The van der Waals surface area contributed by atoms with Crippen LogP contribution < -0.4 is 15.9 Å². The average molecular weight is 426 g/mol. The highest BCUT2D eigenvalue weighted by Crippen LogP contribution is 2.44. The van der Waals surface area contributed by atoms with E-state index < -0.39 is 22.8 Å². The molecule has 9 heteroatoms. The first-order chi connectivity index (χ1) is 14.3. The van der Waals surface area contributed by atoms with Gasteiger partial charge in [0.25, 0.3) is 11.4 Å². The van der Waals surface area contributed by atoms with Crippen LogP contribution in [-0.4, -0.2) is 9.85 Å². The lowest BCUT2D eigenvalue weighted by Gasteiger charge is -2.22. The summed E-state index contributed by atoms with van der Waals surface area (Å²) < 4.78 is 28.5. The van der Waals surface area contributed by atoms with Crippen molar-refractivity contribution in [3.05, 3.63) is 111 Å². The quantitative estimate of drug-likeness (QED) is 0.246. The molecule has 0 aliphatic heterocycles. The minimum absolute atomic E-state index is 0.120. The average Bonchev–Trinajstić information content (AvgIpc) is 2.73. The molecule has 7 nitrogen and oxygen atoms in total. The number of hydrogen-bond acceptors (Lipinski definition) is 5. The number of rotatable bonds is 7. The number of allylic oxidation sites excluding steroid dienone is 1. The molecule has 0 unspecified atom stereocenters. The molecule has 0 amide bonds. The Morgan fingerprint density at radius 2 is 1.43 bits per heavy atom. The van der Waals surface area contributed by atoms with Crippen LogP contribution in [0.2, 0.25) is 0 Å². The Labute approximate surface area is 171 Å². The molecule has 0 atom stereocenters. The van der Waals surface area contributed by atoms with Crippen molar-refractivity contribution in [3.63, 3.8) is 0 Å². The van der Waals surface area contributed by atoms with Gasteiger partial charge in [-0.3, -0.25) is 20.2 Å². The van der Waals surface area contributed by atoms with Gasteiger partial charge in [0.1, 0.15) is 5.82 Å². The molecule has 3 rings (SSSR count). The van der Waals surface area contributed by atoms with E-state index in [4.69, 9.17) is 0 Å². The minimum Gasteiger partial charge on any atom is -0.309 e. The molecule has 3 aromatic rings. The van der Waals surface area contributed by atoms with Crippen molar-refractivity contribution < 1.29 is 18.8 Å². The summed E-state index contributed by atoms with van der Waals surface area (Å²) in [5, 5.41) is 23.0. The van der Waals surface area contributed by atoms with Crippen molar-refractivity contribution in [1.29, 1.82) is 0 Å². The summed E-state index contributed by atoms with van der Waals surface area (Å²) in [6.45, 7) is 3.64. The van der Waals surface area contributed by atoms with Crippen LogP contribution in [-0.2, 0) is 11.0 Å². The first-order valence-corrected chi connectivity index (χ1v) is 10.5. The molecule has 0 bridgehead atoms. The molecule has 152 valence electrons. The summed E-state index contributed by atoms with van der Waals surface area (Å²) in [7, 11) is -3.82. The van der Waals surface area contributed by atoms with Crippen molar-refractivity contribution in [1.82, 2.24) is 0 Å². The van der Waals surface area contributed by atoms with Crippen molar-refractivity contribution in [2.75, 3.05) is 0 Å². The molecule has 0 aliphatic carbocycles. The van der Waals surface area contributed by atoms with E-state index in [0.717, 1.165) is 6.07 Å². The van der Waals surface area contributed by atoms with Crippen molar-refractivity contribution >= 4 is 34.4 Å². The first kappa shape index (κ1) is 21.1. The molecule has 0 saturated heterocycles. The van der Waals surface area contributed by atoms with E-state index in [1.807, 2.05) is 0 Å². The summed E-state index contributed by atoms with van der Waals surface area (Å²) in [6.07, 6.45) is 1.71. The lowest BCUT2D eigenvalue weighted by atomic mass is 10.1. The van der Waals surface area contributed by atoms with Gasteiger partial charge in [0.2, 0.25) is 0 Å². The Morgan fingerprint density at radius 1 is 0.900 bits per heavy atom. The summed E-state index contributed by atoms with van der Waals surface area (Å²) in [5.74, 6) is -0.541. The van der Waals surface area contributed by atoms with Crippen LogP contribution in [0, 0.1) is 26.0 Å². The summed E-state index contributed by atoms with van der Waals surface area (Å²) in [5.41, 5.74) is -0.164. The number of non-ortho nitro benzene ring substituents is 2. The standard InChI is InChI=1S/C21H16FN2O5P/c1-2-5-15-12-16(22)10-11-21(15)30(29,19-8-3-6-17(13-19)23(25)26)20-9-4-7-18(14-20)24(27)28/h2-4,6-14H,1,5H2. The molecule has 0 fully saturated rings. The predicted molar refractivity (Wildman–Crippen MR) is 113 cm³/mol. The predicted octanol–water partition coefficient (Wildman–Crippen LogP) is 4.01. The lowest BCUT2D eigenvalue weighted by Crippen LogP contribution is -2.28. The molecular formula is C21H16FN2O5P. The highest BCUT2D eigenvalue weighted by atomic mass is 31.2. The van der Waals surface area contributed by atoms with Gasteiger partial charge in [0.05, 0.1) is 9.85 Å². The third-order valence-electron chi connectivity index (χ3n) is 4.55. The van der Waals surface area contributed by atoms with Crippen LogP contribution in [0.1, 0.15) is 5.56 Å². The zero-order valence-electron chi connectivity index (χ0n) is 15.6. The molecule has 0 aromatic heterocycles. The Bertz CT molecular complexity index is 1150. The van der Waals surface area contributed by atoms with Gasteiger partial charge in [-0.1, -0.05) is 30.3 Å². The molecule has 0 heterocycles. The van der Waals surface area contributed by atoms with E-state index in [1.165, 1.54) is 66.7 Å². The Balaban J connectivity index is 2.39. The van der Waals surface area contributed by atoms with Gasteiger partial charge in [0, 0.05) is 40.2 Å². The van der Waals surface area contributed by atoms with Gasteiger partial charge in [-0.25, -0.2) is 4.39 Å². The fraction of sp³-hybridized carbons (Fsp3) is 0.0476. The van der Waals surface area contributed by atoms with Gasteiger partial charge in [-0.05, 0) is 30.2 Å². The summed E-state index contributed by atoms with van der Waals surface area (Å²) in [4.78, 5) is 21.3. The lowest BCUT2D eigenvalue weighted by molar-refractivity contribution is -0.384. The Morgan fingerprint density at radius 3 is 1.90 bits per heavy atom. The maximum absolute atomic E-state index is 14.6. The van der Waals surface area contributed by atoms with Crippen LogP contribution in [0.3, 0.4) is 0 Å². The second kappa shape index (κ2) is 8.39. The second-order valence-corrected chi connectivity index (χ2v) is 9.16. The van der Waals surface area contributed by atoms with Crippen LogP contribution in [0.5, 0.6) is 0 Å². The van der Waals surface area contributed by atoms with Crippen molar-refractivity contribution in [3.8, 4) is 0 Å². The van der Waals surface area contributed by atoms with Crippen molar-refractivity contribution in [2.24, 2.45) is 0 Å². The van der Waals surface area contributed by atoms with Gasteiger partial charge >= 0.3 is 0 Å². The molecule has 30 heavy (non-hydrogen) atoms. The fourth-order valence-corrected chi connectivity index (χ4v) is 6.13. The zero-order chi connectivity index (χ0) is 21.9. The maximum atomic E-state index is 14.6. The highest BCUT2D eigenvalue weighted by Gasteiger charge is 2.34. The largest absolute Gasteiger partial charge is 0.309 e. The third kappa shape index (κ3) is 3.90. The van der Waals surface area contributed by atoms with Gasteiger partial charge in [0.15, 0.2) is 7.14 Å². The van der Waals surface area contributed by atoms with Crippen LogP contribution in [0.4, 0.5) is 15.8 Å². The van der Waals surface area contributed by atoms with Gasteiger partial charge in [-0.2, -0.15) is 0 Å². The summed E-state index contributed by atoms with van der Waals surface area (Å²) >= 11 is 0. The SMILES string of the molecule is C=CCc1cc(F)ccc1P(=O)(c1cccc([N+](=O)[O-])c1)c1cccc([N+](=O)[O-])c1. The monoisotopic (exact) mass is 426 g/mol. The van der Waals surface area contributed by atoms with E-state index in [9.17, 15) is 29.2 Å². The van der Waals surface area contributed by atoms with Crippen LogP contribution in [0.15, 0.2) is 79.4 Å². The van der Waals surface area contributed by atoms with E-state index in [0.29, 0.717) is 5.56 Å². The molecule has 0 radical (unpaired) electrons.